The number of esters is 1. The van der Waals surface area contributed by atoms with E-state index in [2.05, 4.69) is 20.7 Å². The second-order valence-corrected chi connectivity index (χ2v) is 9.20. The highest BCUT2D eigenvalue weighted by Gasteiger charge is 2.27. The molecule has 2 amide bonds. The van der Waals surface area contributed by atoms with Crippen molar-refractivity contribution < 1.29 is 23.9 Å². The fourth-order valence-corrected chi connectivity index (χ4v) is 4.00. The highest BCUT2D eigenvalue weighted by molar-refractivity contribution is 6.43. The molecule has 1 unspecified atom stereocenters. The molecular weight excluding hydrogens is 559 g/mol. The number of hydrogen-bond acceptors (Lipinski definition) is 8. The summed E-state index contributed by atoms with van der Waals surface area (Å²) in [5.74, 6) is -0.888. The number of anilines is 2. The lowest BCUT2D eigenvalue weighted by molar-refractivity contribution is -0.143. The minimum atomic E-state index is -1.06. The van der Waals surface area contributed by atoms with Crippen LogP contribution in [0.4, 0.5) is 16.3 Å². The van der Waals surface area contributed by atoms with Crippen LogP contribution in [0.15, 0.2) is 36.5 Å². The summed E-state index contributed by atoms with van der Waals surface area (Å²) < 4.78 is 11.8. The molecule has 3 rings (SSSR count). The number of hydrogen-bond donors (Lipinski definition) is 2. The van der Waals surface area contributed by atoms with E-state index >= 15 is 0 Å². The van der Waals surface area contributed by atoms with Gasteiger partial charge in [-0.25, -0.2) is 14.5 Å². The van der Waals surface area contributed by atoms with E-state index in [1.165, 1.54) is 20.2 Å². The van der Waals surface area contributed by atoms with Gasteiger partial charge in [-0.15, -0.1) is 0 Å². The van der Waals surface area contributed by atoms with Crippen molar-refractivity contribution in [2.75, 3.05) is 30.9 Å². The van der Waals surface area contributed by atoms with Gasteiger partial charge in [-0.05, 0) is 44.7 Å². The third-order valence-corrected chi connectivity index (χ3v) is 6.30. The standard InChI is InChI=1S/C24H25Cl3N6O5/c1-13-7-8-17(16(25)10-13)30-23(35)20-19(26)21(27)33(31-20)14(2)38-24(36)32(4)22-15(6-5-9-29-22)12-37-18(34)11-28-3/h5-10,14,28H,11-12H2,1-4H3,(H,30,35). The van der Waals surface area contributed by atoms with E-state index in [4.69, 9.17) is 44.3 Å². The number of nitrogens with one attached hydrogen (secondary N) is 2. The van der Waals surface area contributed by atoms with Crippen molar-refractivity contribution in [3.8, 4) is 0 Å². The first-order valence-electron chi connectivity index (χ1n) is 11.2. The number of aryl methyl sites for hydroxylation is 1. The van der Waals surface area contributed by atoms with Gasteiger partial charge in [0.2, 0.25) is 0 Å². The third-order valence-electron chi connectivity index (χ3n) is 5.17. The number of ether oxygens (including phenoxy) is 2. The van der Waals surface area contributed by atoms with Gasteiger partial charge in [0.15, 0.2) is 17.1 Å². The Morgan fingerprint density at radius 1 is 1.18 bits per heavy atom. The summed E-state index contributed by atoms with van der Waals surface area (Å²) >= 11 is 18.8. The summed E-state index contributed by atoms with van der Waals surface area (Å²) in [5.41, 5.74) is 1.59. The second-order valence-electron chi connectivity index (χ2n) is 8.05. The van der Waals surface area contributed by atoms with E-state index in [0.717, 1.165) is 15.1 Å². The minimum Gasteiger partial charge on any atom is -0.460 e. The Morgan fingerprint density at radius 2 is 1.92 bits per heavy atom. The maximum Gasteiger partial charge on any atom is 0.417 e. The van der Waals surface area contributed by atoms with E-state index in [1.807, 2.05) is 6.92 Å². The molecule has 38 heavy (non-hydrogen) atoms. The minimum absolute atomic E-state index is 0.0379. The molecule has 14 heteroatoms. The Balaban J connectivity index is 1.73. The fourth-order valence-electron chi connectivity index (χ4n) is 3.24. The molecule has 2 aromatic heterocycles. The number of carbonyl (C=O) groups excluding carboxylic acids is 3. The van der Waals surface area contributed by atoms with Crippen molar-refractivity contribution in [1.82, 2.24) is 20.1 Å². The number of nitrogens with zero attached hydrogens (tertiary/aromatic N) is 4. The molecule has 0 aliphatic heterocycles. The van der Waals surface area contributed by atoms with Crippen LogP contribution in [0.25, 0.3) is 0 Å². The molecule has 0 radical (unpaired) electrons. The lowest BCUT2D eigenvalue weighted by atomic mass is 10.2. The first-order valence-corrected chi connectivity index (χ1v) is 12.4. The zero-order chi connectivity index (χ0) is 28.0. The lowest BCUT2D eigenvalue weighted by Crippen LogP contribution is -2.31. The molecule has 0 fully saturated rings. The quantitative estimate of drug-likeness (QED) is 0.342. The van der Waals surface area contributed by atoms with Gasteiger partial charge >= 0.3 is 12.1 Å². The summed E-state index contributed by atoms with van der Waals surface area (Å²) in [6.07, 6.45) is -0.379. The van der Waals surface area contributed by atoms with Gasteiger partial charge in [0.05, 0.1) is 17.3 Å². The number of benzene rings is 1. The number of carbonyl (C=O) groups is 3. The highest BCUT2D eigenvalue weighted by Crippen LogP contribution is 2.31. The average Bonchev–Trinajstić information content (AvgIpc) is 3.18. The van der Waals surface area contributed by atoms with Crippen molar-refractivity contribution >= 4 is 64.3 Å². The predicted molar refractivity (Wildman–Crippen MR) is 144 cm³/mol. The number of pyridine rings is 1. The molecule has 0 aliphatic carbocycles. The summed E-state index contributed by atoms with van der Waals surface area (Å²) in [7, 11) is 3.06. The van der Waals surface area contributed by atoms with Crippen molar-refractivity contribution in [3.05, 3.63) is 68.5 Å². The number of amides is 2. The van der Waals surface area contributed by atoms with E-state index in [1.54, 1.807) is 37.4 Å². The molecule has 0 bridgehead atoms. The molecule has 0 saturated carbocycles. The zero-order valence-corrected chi connectivity index (χ0v) is 23.2. The van der Waals surface area contributed by atoms with E-state index in [-0.39, 0.29) is 34.8 Å². The molecule has 2 N–H and O–H groups in total. The zero-order valence-electron chi connectivity index (χ0n) is 20.9. The van der Waals surface area contributed by atoms with Crippen LogP contribution in [-0.4, -0.2) is 53.4 Å². The molecule has 3 aromatic rings. The molecule has 0 saturated heterocycles. The number of likely N-dealkylation sites (N-methyl/N-ethyl adjacent to an activating group) is 1. The normalized spacial score (nSPS) is 11.6. The maximum atomic E-state index is 12.9. The Bertz CT molecular complexity index is 1350. The molecule has 202 valence electrons. The summed E-state index contributed by atoms with van der Waals surface area (Å²) in [6, 6.07) is 8.44. The van der Waals surface area contributed by atoms with Crippen molar-refractivity contribution in [3.63, 3.8) is 0 Å². The molecule has 11 nitrogen and oxygen atoms in total. The second kappa shape index (κ2) is 12.9. The smallest absolute Gasteiger partial charge is 0.417 e. The number of halogens is 3. The van der Waals surface area contributed by atoms with Gasteiger partial charge in [-0.1, -0.05) is 46.9 Å². The highest BCUT2D eigenvalue weighted by atomic mass is 35.5. The molecule has 0 aliphatic rings. The van der Waals surface area contributed by atoms with Gasteiger partial charge < -0.3 is 20.1 Å². The topological polar surface area (TPSA) is 128 Å². The first-order chi connectivity index (χ1) is 18.0. The molecule has 1 aromatic carbocycles. The Labute approximate surface area is 234 Å². The van der Waals surface area contributed by atoms with Gasteiger partial charge in [0.1, 0.15) is 17.4 Å². The number of aromatic nitrogens is 3. The van der Waals surface area contributed by atoms with Crippen molar-refractivity contribution in [2.24, 2.45) is 0 Å². The average molecular weight is 584 g/mol. The van der Waals surface area contributed by atoms with Crippen molar-refractivity contribution in [2.45, 2.75) is 26.7 Å². The summed E-state index contributed by atoms with van der Waals surface area (Å²) in [5, 5.41) is 9.59. The molecule has 2 heterocycles. The third kappa shape index (κ3) is 6.93. The molecule has 0 spiro atoms. The largest absolute Gasteiger partial charge is 0.460 e. The van der Waals surface area contributed by atoms with Crippen LogP contribution in [0.3, 0.4) is 0 Å². The van der Waals surface area contributed by atoms with Crippen molar-refractivity contribution in [1.29, 1.82) is 0 Å². The Kier molecular flexibility index (Phi) is 9.92. The summed E-state index contributed by atoms with van der Waals surface area (Å²) in [4.78, 5) is 42.7. The van der Waals surface area contributed by atoms with Gasteiger partial charge in [-0.3, -0.25) is 14.5 Å². The van der Waals surface area contributed by atoms with Crippen LogP contribution in [0.5, 0.6) is 0 Å². The maximum absolute atomic E-state index is 12.9. The molecule has 1 atom stereocenters. The van der Waals surface area contributed by atoms with Crippen LogP contribution < -0.4 is 15.5 Å². The Hall–Kier alpha value is -3.38. The van der Waals surface area contributed by atoms with E-state index in [9.17, 15) is 14.4 Å². The van der Waals surface area contributed by atoms with Crippen LogP contribution in [0.1, 0.15) is 34.8 Å². The first kappa shape index (κ1) is 29.2. The summed E-state index contributed by atoms with van der Waals surface area (Å²) in [6.45, 7) is 3.31. The molecular formula is C24H25Cl3N6O5. The Morgan fingerprint density at radius 3 is 2.61 bits per heavy atom. The monoisotopic (exact) mass is 582 g/mol. The van der Waals surface area contributed by atoms with E-state index < -0.39 is 24.2 Å². The van der Waals surface area contributed by atoms with Gasteiger partial charge in [-0.2, -0.15) is 5.10 Å². The van der Waals surface area contributed by atoms with Crippen LogP contribution in [0.2, 0.25) is 15.2 Å². The van der Waals surface area contributed by atoms with Crippen LogP contribution >= 0.6 is 34.8 Å². The predicted octanol–water partition coefficient (Wildman–Crippen LogP) is 4.85. The van der Waals surface area contributed by atoms with Crippen LogP contribution in [0, 0.1) is 6.92 Å². The van der Waals surface area contributed by atoms with E-state index in [0.29, 0.717) is 16.3 Å². The lowest BCUT2D eigenvalue weighted by Gasteiger charge is -2.22. The van der Waals surface area contributed by atoms with Crippen LogP contribution in [-0.2, 0) is 20.9 Å². The fraction of sp³-hybridized carbons (Fsp3) is 0.292. The number of rotatable bonds is 9. The SMILES string of the molecule is CNCC(=O)OCc1cccnc1N(C)C(=O)OC(C)n1nc(C(=O)Nc2ccc(C)cc2Cl)c(Cl)c1Cl. The van der Waals surface area contributed by atoms with Gasteiger partial charge in [0.25, 0.3) is 5.91 Å². The van der Waals surface area contributed by atoms with Gasteiger partial charge in [0, 0.05) is 18.8 Å².